The molecule has 1 aromatic carbocycles. The molecular formula is C17H20O5S. The normalized spacial score (nSPS) is 18.3. The Labute approximate surface area is 136 Å². The summed E-state index contributed by atoms with van der Waals surface area (Å²) in [6.45, 7) is 1.66. The zero-order chi connectivity index (χ0) is 17.0. The number of hydrogen-bond acceptors (Lipinski definition) is 5. The van der Waals surface area contributed by atoms with Gasteiger partial charge in [0.05, 0.1) is 17.8 Å². The lowest BCUT2D eigenvalue weighted by atomic mass is 9.98. The maximum Gasteiger partial charge on any atom is 0.305 e. The van der Waals surface area contributed by atoms with Crippen molar-refractivity contribution in [2.45, 2.75) is 31.1 Å². The molecule has 124 valence electrons. The van der Waals surface area contributed by atoms with E-state index in [1.54, 1.807) is 37.3 Å². The van der Waals surface area contributed by atoms with E-state index in [0.29, 0.717) is 24.0 Å². The van der Waals surface area contributed by atoms with Crippen LogP contribution in [-0.2, 0) is 24.2 Å². The number of methoxy groups -OCH3 is 1. The predicted molar refractivity (Wildman–Crippen MR) is 85.6 cm³/mol. The molecule has 23 heavy (non-hydrogen) atoms. The lowest BCUT2D eigenvalue weighted by molar-refractivity contribution is -0.141. The van der Waals surface area contributed by atoms with Crippen molar-refractivity contribution in [3.63, 3.8) is 0 Å². The van der Waals surface area contributed by atoms with E-state index in [1.165, 1.54) is 7.11 Å². The van der Waals surface area contributed by atoms with E-state index in [0.717, 1.165) is 0 Å². The van der Waals surface area contributed by atoms with Gasteiger partial charge in [-0.1, -0.05) is 18.2 Å². The Balaban J connectivity index is 2.09. The molecule has 0 radical (unpaired) electrons. The summed E-state index contributed by atoms with van der Waals surface area (Å²) >= 11 is 0. The molecule has 0 aliphatic heterocycles. The number of ketones is 1. The number of ether oxygens (including phenoxy) is 1. The molecular weight excluding hydrogens is 316 g/mol. The van der Waals surface area contributed by atoms with Gasteiger partial charge in [-0.3, -0.25) is 9.59 Å². The first-order valence-electron chi connectivity index (χ1n) is 7.42. The van der Waals surface area contributed by atoms with Crippen molar-refractivity contribution < 1.29 is 22.7 Å². The average molecular weight is 336 g/mol. The summed E-state index contributed by atoms with van der Waals surface area (Å²) < 4.78 is 29.5. The van der Waals surface area contributed by atoms with Crippen LogP contribution in [0, 0.1) is 5.92 Å². The molecule has 0 heterocycles. The molecule has 1 unspecified atom stereocenters. The van der Waals surface area contributed by atoms with Crippen molar-refractivity contribution >= 4 is 21.6 Å². The molecule has 5 nitrogen and oxygen atoms in total. The van der Waals surface area contributed by atoms with E-state index in [9.17, 15) is 18.0 Å². The third kappa shape index (κ3) is 4.07. The first-order valence-corrected chi connectivity index (χ1v) is 9.08. The van der Waals surface area contributed by atoms with Crippen LogP contribution in [-0.4, -0.2) is 33.0 Å². The summed E-state index contributed by atoms with van der Waals surface area (Å²) in [4.78, 5) is 23.7. The number of Topliss-reactive ketones (excluding diaryl/α,β-unsaturated/α-hetero) is 1. The van der Waals surface area contributed by atoms with Gasteiger partial charge in [0.15, 0.2) is 15.6 Å². The average Bonchev–Trinajstić information content (AvgIpc) is 2.81. The molecule has 2 rings (SSSR count). The minimum atomic E-state index is -3.46. The van der Waals surface area contributed by atoms with Gasteiger partial charge in [0.1, 0.15) is 0 Å². The third-order valence-corrected chi connectivity index (χ3v) is 5.87. The van der Waals surface area contributed by atoms with Crippen LogP contribution in [0.1, 0.15) is 26.2 Å². The van der Waals surface area contributed by atoms with Gasteiger partial charge in [0, 0.05) is 12.3 Å². The summed E-state index contributed by atoms with van der Waals surface area (Å²) in [6.07, 6.45) is 0.949. The number of esters is 1. The fourth-order valence-electron chi connectivity index (χ4n) is 2.76. The maximum atomic E-state index is 12.4. The van der Waals surface area contributed by atoms with Crippen LogP contribution in [0.5, 0.6) is 0 Å². The van der Waals surface area contributed by atoms with E-state index >= 15 is 0 Å². The quantitative estimate of drug-likeness (QED) is 0.745. The minimum Gasteiger partial charge on any atom is -0.469 e. The molecule has 0 spiro atoms. The van der Waals surface area contributed by atoms with Gasteiger partial charge in [-0.05, 0) is 43.0 Å². The number of benzene rings is 1. The number of sulfone groups is 1. The molecule has 0 amide bonds. The van der Waals surface area contributed by atoms with Crippen molar-refractivity contribution in [1.82, 2.24) is 0 Å². The SMILES string of the molecule is COC(=O)CCC1CC(CS(=O)(=O)c2ccccc2)=C(C)C1=O. The molecule has 0 bridgehead atoms. The van der Waals surface area contributed by atoms with E-state index in [2.05, 4.69) is 4.74 Å². The van der Waals surface area contributed by atoms with Gasteiger partial charge in [0.2, 0.25) is 0 Å². The zero-order valence-electron chi connectivity index (χ0n) is 13.2. The fourth-order valence-corrected chi connectivity index (χ4v) is 4.29. The Morgan fingerprint density at radius 2 is 1.91 bits per heavy atom. The standard InChI is InChI=1S/C17H20O5S/c1-12-14(10-13(17(12)19)8-9-16(18)22-2)11-23(20,21)15-6-4-3-5-7-15/h3-7,13H,8-11H2,1-2H3. The first-order chi connectivity index (χ1) is 10.8. The molecule has 0 N–H and O–H groups in total. The molecule has 1 aliphatic carbocycles. The van der Waals surface area contributed by atoms with Gasteiger partial charge < -0.3 is 4.74 Å². The van der Waals surface area contributed by atoms with Crippen LogP contribution < -0.4 is 0 Å². The lowest BCUT2D eigenvalue weighted by Gasteiger charge is -2.09. The summed E-state index contributed by atoms with van der Waals surface area (Å²) in [5.41, 5.74) is 1.16. The van der Waals surface area contributed by atoms with Crippen LogP contribution in [0.15, 0.2) is 46.4 Å². The molecule has 0 aromatic heterocycles. The maximum absolute atomic E-state index is 12.4. The van der Waals surface area contributed by atoms with E-state index in [1.807, 2.05) is 0 Å². The van der Waals surface area contributed by atoms with Crippen molar-refractivity contribution in [2.75, 3.05) is 12.9 Å². The van der Waals surface area contributed by atoms with Crippen LogP contribution >= 0.6 is 0 Å². The Bertz CT molecular complexity index is 732. The molecule has 0 saturated heterocycles. The smallest absolute Gasteiger partial charge is 0.305 e. The number of rotatable bonds is 6. The second-order valence-electron chi connectivity index (χ2n) is 5.68. The van der Waals surface area contributed by atoms with Crippen LogP contribution in [0.4, 0.5) is 0 Å². The topological polar surface area (TPSA) is 77.5 Å². The molecule has 0 fully saturated rings. The van der Waals surface area contributed by atoms with Crippen molar-refractivity contribution in [3.05, 3.63) is 41.5 Å². The zero-order valence-corrected chi connectivity index (χ0v) is 14.1. The van der Waals surface area contributed by atoms with Gasteiger partial charge >= 0.3 is 5.97 Å². The number of hydrogen-bond donors (Lipinski definition) is 0. The van der Waals surface area contributed by atoms with Crippen LogP contribution in [0.25, 0.3) is 0 Å². The Hall–Kier alpha value is -1.95. The molecule has 1 atom stereocenters. The van der Waals surface area contributed by atoms with Crippen LogP contribution in [0.2, 0.25) is 0 Å². The molecule has 6 heteroatoms. The van der Waals surface area contributed by atoms with Gasteiger partial charge in [-0.2, -0.15) is 0 Å². The molecule has 1 aromatic rings. The number of carbonyl (C=O) groups excluding carboxylic acids is 2. The minimum absolute atomic E-state index is 0.0628. The molecule has 1 aliphatic rings. The largest absolute Gasteiger partial charge is 0.469 e. The molecule has 0 saturated carbocycles. The predicted octanol–water partition coefficient (Wildman–Crippen LogP) is 2.32. The highest BCUT2D eigenvalue weighted by Gasteiger charge is 2.33. The fraction of sp³-hybridized carbons (Fsp3) is 0.412. The van der Waals surface area contributed by atoms with Crippen molar-refractivity contribution in [2.24, 2.45) is 5.92 Å². The number of allylic oxidation sites excluding steroid dienone is 1. The summed E-state index contributed by atoms with van der Waals surface area (Å²) in [6, 6.07) is 8.21. The van der Waals surface area contributed by atoms with E-state index < -0.39 is 9.84 Å². The second-order valence-corrected chi connectivity index (χ2v) is 7.67. The van der Waals surface area contributed by atoms with Gasteiger partial charge in [0.25, 0.3) is 0 Å². The van der Waals surface area contributed by atoms with Gasteiger partial charge in [-0.15, -0.1) is 0 Å². The van der Waals surface area contributed by atoms with Gasteiger partial charge in [-0.25, -0.2) is 8.42 Å². The second kappa shape index (κ2) is 7.08. The number of carbonyl (C=O) groups is 2. The summed E-state index contributed by atoms with van der Waals surface area (Å²) in [7, 11) is -2.16. The highest BCUT2D eigenvalue weighted by Crippen LogP contribution is 2.33. The van der Waals surface area contributed by atoms with E-state index in [4.69, 9.17) is 0 Å². The summed E-state index contributed by atoms with van der Waals surface area (Å²) in [5, 5.41) is 0. The highest BCUT2D eigenvalue weighted by molar-refractivity contribution is 7.91. The van der Waals surface area contributed by atoms with Crippen molar-refractivity contribution in [1.29, 1.82) is 0 Å². The Kier molecular flexibility index (Phi) is 5.36. The Morgan fingerprint density at radius 1 is 1.26 bits per heavy atom. The first kappa shape index (κ1) is 17.4. The van der Waals surface area contributed by atoms with Crippen molar-refractivity contribution in [3.8, 4) is 0 Å². The van der Waals surface area contributed by atoms with E-state index in [-0.39, 0.29) is 34.7 Å². The highest BCUT2D eigenvalue weighted by atomic mass is 32.2. The summed E-state index contributed by atoms with van der Waals surface area (Å²) in [5.74, 6) is -0.897. The monoisotopic (exact) mass is 336 g/mol. The van der Waals surface area contributed by atoms with Crippen LogP contribution in [0.3, 0.4) is 0 Å². The third-order valence-electron chi connectivity index (χ3n) is 4.15. The lowest BCUT2D eigenvalue weighted by Crippen LogP contribution is -2.12. The Morgan fingerprint density at radius 3 is 2.52 bits per heavy atom.